The Balaban J connectivity index is 1.68. The maximum absolute atomic E-state index is 15.1. The third-order valence-electron chi connectivity index (χ3n) is 6.33. The second-order valence-corrected chi connectivity index (χ2v) is 9.29. The van der Waals surface area contributed by atoms with Crippen LogP contribution in [0.15, 0.2) is 30.3 Å². The van der Waals surface area contributed by atoms with E-state index in [1.165, 1.54) is 19.2 Å². The first-order chi connectivity index (χ1) is 17.6. The number of ether oxygens (including phenoxy) is 4. The van der Waals surface area contributed by atoms with Crippen LogP contribution < -0.4 is 14.8 Å². The van der Waals surface area contributed by atoms with E-state index in [0.717, 1.165) is 6.07 Å². The van der Waals surface area contributed by atoms with Gasteiger partial charge in [0.1, 0.15) is 30.7 Å². The van der Waals surface area contributed by atoms with E-state index in [1.54, 1.807) is 33.1 Å². The van der Waals surface area contributed by atoms with Gasteiger partial charge in [-0.15, -0.1) is 0 Å². The second-order valence-electron chi connectivity index (χ2n) is 9.29. The average molecular weight is 522 g/mol. The number of alkyl halides is 2. The molecule has 0 unspecified atom stereocenters. The molecule has 1 aliphatic rings. The lowest BCUT2D eigenvalue weighted by atomic mass is 9.88. The van der Waals surface area contributed by atoms with Crippen molar-refractivity contribution in [2.75, 3.05) is 52.6 Å². The van der Waals surface area contributed by atoms with E-state index < -0.39 is 30.0 Å². The topological polar surface area (TPSA) is 95.0 Å². The first-order valence-corrected chi connectivity index (χ1v) is 11.7. The monoisotopic (exact) mass is 521 g/mol. The number of aromatic nitrogens is 2. The van der Waals surface area contributed by atoms with Crippen LogP contribution in [0.2, 0.25) is 0 Å². The molecular weight excluding hydrogens is 491 g/mol. The van der Waals surface area contributed by atoms with Gasteiger partial charge in [0.15, 0.2) is 11.5 Å². The van der Waals surface area contributed by atoms with Crippen LogP contribution in [-0.4, -0.2) is 62.3 Å². The van der Waals surface area contributed by atoms with Gasteiger partial charge in [-0.05, 0) is 26.0 Å². The quantitative estimate of drug-likeness (QED) is 0.384. The summed E-state index contributed by atoms with van der Waals surface area (Å²) in [7, 11) is 3.15. The Morgan fingerprint density at radius 3 is 2.54 bits per heavy atom. The van der Waals surface area contributed by atoms with Crippen LogP contribution in [0.25, 0.3) is 10.9 Å². The van der Waals surface area contributed by atoms with Gasteiger partial charge in [0.25, 0.3) is 5.92 Å². The third kappa shape index (κ3) is 5.43. The lowest BCUT2D eigenvalue weighted by Crippen LogP contribution is -2.50. The number of halogens is 3. The molecule has 0 spiro atoms. The van der Waals surface area contributed by atoms with Crippen molar-refractivity contribution in [3.8, 4) is 11.5 Å². The van der Waals surface area contributed by atoms with Crippen molar-refractivity contribution in [3.63, 3.8) is 0 Å². The van der Waals surface area contributed by atoms with Crippen molar-refractivity contribution in [1.29, 1.82) is 0 Å². The number of rotatable bonds is 11. The Morgan fingerprint density at radius 2 is 1.92 bits per heavy atom. The minimum absolute atomic E-state index is 0.00603. The highest BCUT2D eigenvalue weighted by atomic mass is 19.3. The normalized spacial score (nSPS) is 15.8. The Hall–Kier alpha value is -3.15. The van der Waals surface area contributed by atoms with E-state index in [-0.39, 0.29) is 11.0 Å². The number of hydrogen-bond donors (Lipinski definition) is 2. The maximum Gasteiger partial charge on any atom is 0.298 e. The average Bonchev–Trinajstić information content (AvgIpc) is 2.85. The van der Waals surface area contributed by atoms with Crippen LogP contribution in [0.5, 0.6) is 11.5 Å². The smallest absolute Gasteiger partial charge is 0.298 e. The highest BCUT2D eigenvalue weighted by molar-refractivity contribution is 5.92. The van der Waals surface area contributed by atoms with Gasteiger partial charge in [0.2, 0.25) is 0 Å². The summed E-state index contributed by atoms with van der Waals surface area (Å²) in [6, 6.07) is 6.42. The van der Waals surface area contributed by atoms with E-state index >= 15 is 4.39 Å². The Kier molecular flexibility index (Phi) is 7.77. The van der Waals surface area contributed by atoms with Crippen LogP contribution in [-0.2, 0) is 15.4 Å². The fourth-order valence-electron chi connectivity index (χ4n) is 4.31. The van der Waals surface area contributed by atoms with Gasteiger partial charge >= 0.3 is 0 Å². The van der Waals surface area contributed by atoms with Gasteiger partial charge in [-0.3, -0.25) is 0 Å². The number of methoxy groups -OCH3 is 2. The number of aryl methyl sites for hydroxylation is 1. The molecule has 0 saturated carbocycles. The summed E-state index contributed by atoms with van der Waals surface area (Å²) in [5, 5.41) is 12.7. The number of nitrogens with one attached hydrogen (secondary N) is 1. The molecule has 11 heteroatoms. The number of anilines is 1. The lowest BCUT2D eigenvalue weighted by molar-refractivity contribution is -0.159. The lowest BCUT2D eigenvalue weighted by Gasteiger charge is -2.40. The molecule has 37 heavy (non-hydrogen) atoms. The van der Waals surface area contributed by atoms with Crippen LogP contribution >= 0.6 is 0 Å². The van der Waals surface area contributed by atoms with Gasteiger partial charge in [-0.1, -0.05) is 12.1 Å². The summed E-state index contributed by atoms with van der Waals surface area (Å²) in [6.45, 7) is 3.70. The van der Waals surface area contributed by atoms with Crippen molar-refractivity contribution in [1.82, 2.24) is 9.97 Å². The van der Waals surface area contributed by atoms with Gasteiger partial charge in [0, 0.05) is 24.1 Å². The summed E-state index contributed by atoms with van der Waals surface area (Å²) >= 11 is 0. The summed E-state index contributed by atoms with van der Waals surface area (Å²) < 4.78 is 65.5. The molecule has 0 aliphatic carbocycles. The molecule has 0 radical (unpaired) electrons. The molecule has 3 aromatic rings. The number of hydrogen-bond acceptors (Lipinski definition) is 8. The molecule has 200 valence electrons. The molecule has 1 fully saturated rings. The van der Waals surface area contributed by atoms with Gasteiger partial charge in [0.05, 0.1) is 49.5 Å². The highest BCUT2D eigenvalue weighted by Crippen LogP contribution is 2.38. The van der Waals surface area contributed by atoms with E-state index in [4.69, 9.17) is 24.1 Å². The predicted molar refractivity (Wildman–Crippen MR) is 131 cm³/mol. The summed E-state index contributed by atoms with van der Waals surface area (Å²) in [5.74, 6) is -3.04. The predicted octanol–water partition coefficient (Wildman–Crippen LogP) is 4.38. The largest absolute Gasteiger partial charge is 0.493 e. The Bertz CT molecular complexity index is 1270. The van der Waals surface area contributed by atoms with Crippen molar-refractivity contribution in [2.45, 2.75) is 25.8 Å². The molecule has 0 bridgehead atoms. The second kappa shape index (κ2) is 10.7. The number of nitrogens with zero attached hydrogens (tertiary/aromatic N) is 2. The van der Waals surface area contributed by atoms with Crippen molar-refractivity contribution >= 4 is 16.7 Å². The van der Waals surface area contributed by atoms with E-state index in [9.17, 15) is 8.78 Å². The number of aliphatic hydroxyl groups excluding tert-OH is 1. The molecule has 8 nitrogen and oxygen atoms in total. The standard InChI is InChI=1S/C26H30F3N3O5/c1-15(17-6-5-7-19(23(17)27)26(28,29)10-33)30-24-18-8-22(37-14-25(11-34-3)12-36-13-25)21(35-4)9-20(18)31-16(2)32-24/h5-9,15,33H,10-14H2,1-4H3,(H,30,31,32)/t15-/m1/s1. The molecule has 2 N–H and O–H groups in total. The number of benzene rings is 2. The van der Waals surface area contributed by atoms with Gasteiger partial charge in [-0.25, -0.2) is 14.4 Å². The highest BCUT2D eigenvalue weighted by Gasteiger charge is 2.40. The molecule has 2 aromatic carbocycles. The van der Waals surface area contributed by atoms with E-state index in [2.05, 4.69) is 15.3 Å². The Morgan fingerprint density at radius 1 is 1.16 bits per heavy atom. The number of aliphatic hydroxyl groups is 1. The van der Waals surface area contributed by atoms with Crippen molar-refractivity contribution in [2.24, 2.45) is 5.41 Å². The Labute approximate surface area is 212 Å². The molecule has 1 atom stereocenters. The van der Waals surface area contributed by atoms with Crippen LogP contribution in [0.3, 0.4) is 0 Å². The maximum atomic E-state index is 15.1. The SMILES string of the molecule is COCC1(COc2cc3c(N[C@H](C)c4cccc(C(F)(F)CO)c4F)nc(C)nc3cc2OC)COC1. The van der Waals surface area contributed by atoms with Crippen LogP contribution in [0.1, 0.15) is 29.9 Å². The van der Waals surface area contributed by atoms with Gasteiger partial charge < -0.3 is 29.4 Å². The number of fused-ring (bicyclic) bond motifs is 1. The zero-order valence-electron chi connectivity index (χ0n) is 21.1. The fourth-order valence-corrected chi connectivity index (χ4v) is 4.31. The summed E-state index contributed by atoms with van der Waals surface area (Å²) in [5.41, 5.74) is -0.555. The summed E-state index contributed by atoms with van der Waals surface area (Å²) in [6.07, 6.45) is 0. The van der Waals surface area contributed by atoms with Crippen LogP contribution in [0.4, 0.5) is 19.0 Å². The molecule has 1 aliphatic heterocycles. The van der Waals surface area contributed by atoms with Gasteiger partial charge in [-0.2, -0.15) is 8.78 Å². The first-order valence-electron chi connectivity index (χ1n) is 11.7. The molecule has 4 rings (SSSR count). The molecule has 0 amide bonds. The minimum atomic E-state index is -3.70. The van der Waals surface area contributed by atoms with Crippen molar-refractivity contribution < 1.29 is 37.2 Å². The molecule has 1 aromatic heterocycles. The zero-order chi connectivity index (χ0) is 26.8. The van der Waals surface area contributed by atoms with E-state index in [0.29, 0.717) is 60.5 Å². The van der Waals surface area contributed by atoms with E-state index in [1.807, 2.05) is 0 Å². The minimum Gasteiger partial charge on any atom is -0.493 e. The summed E-state index contributed by atoms with van der Waals surface area (Å²) in [4.78, 5) is 8.96. The van der Waals surface area contributed by atoms with Crippen LogP contribution in [0, 0.1) is 18.2 Å². The molecular formula is C26H30F3N3O5. The molecule has 1 saturated heterocycles. The third-order valence-corrected chi connectivity index (χ3v) is 6.33. The molecule has 2 heterocycles. The zero-order valence-corrected chi connectivity index (χ0v) is 21.1. The first kappa shape index (κ1) is 26.9. The fraction of sp³-hybridized carbons (Fsp3) is 0.462. The van der Waals surface area contributed by atoms with Crippen molar-refractivity contribution in [3.05, 3.63) is 53.1 Å².